The zero-order chi connectivity index (χ0) is 18.5. The van der Waals surface area contributed by atoms with E-state index in [0.717, 1.165) is 71.6 Å². The number of hydrogen-bond donors (Lipinski definition) is 0. The van der Waals surface area contributed by atoms with Gasteiger partial charge < -0.3 is 14.4 Å². The number of hydrogen-bond acceptors (Lipinski definition) is 4. The molecule has 0 saturated carbocycles. The molecule has 0 aromatic heterocycles. The monoisotopic (exact) mass is 372 g/mol. The Kier molecular flexibility index (Phi) is 6.43. The van der Waals surface area contributed by atoms with E-state index in [2.05, 4.69) is 40.1 Å². The van der Waals surface area contributed by atoms with E-state index in [1.54, 1.807) is 0 Å². The number of benzene rings is 1. The molecule has 0 spiro atoms. The number of piperidine rings is 1. The second-order valence-corrected chi connectivity index (χ2v) is 8.12. The van der Waals surface area contributed by atoms with Crippen LogP contribution in [0.25, 0.3) is 0 Å². The Labute approximate surface area is 162 Å². The van der Waals surface area contributed by atoms with Gasteiger partial charge in [-0.05, 0) is 37.7 Å². The van der Waals surface area contributed by atoms with Crippen LogP contribution >= 0.6 is 0 Å². The van der Waals surface area contributed by atoms with Gasteiger partial charge in [-0.15, -0.1) is 0 Å². The molecule has 1 aromatic carbocycles. The molecule has 5 heteroatoms. The Hall–Kier alpha value is -1.43. The van der Waals surface area contributed by atoms with Gasteiger partial charge in [0.25, 0.3) is 0 Å². The van der Waals surface area contributed by atoms with Crippen molar-refractivity contribution >= 4 is 5.91 Å². The predicted octanol–water partition coefficient (Wildman–Crippen LogP) is 2.70. The fourth-order valence-electron chi connectivity index (χ4n) is 4.77. The van der Waals surface area contributed by atoms with Crippen LogP contribution in [-0.2, 0) is 20.8 Å². The molecule has 3 aliphatic rings. The number of nitrogens with zero attached hydrogens (tertiary/aromatic N) is 2. The maximum atomic E-state index is 12.7. The summed E-state index contributed by atoms with van der Waals surface area (Å²) in [7, 11) is 0. The van der Waals surface area contributed by atoms with E-state index in [0.29, 0.717) is 24.6 Å². The first-order valence-corrected chi connectivity index (χ1v) is 10.5. The van der Waals surface area contributed by atoms with Gasteiger partial charge in [0.15, 0.2) is 0 Å². The van der Waals surface area contributed by atoms with Crippen molar-refractivity contribution in [1.29, 1.82) is 0 Å². The predicted molar refractivity (Wildman–Crippen MR) is 104 cm³/mol. The Morgan fingerprint density at radius 3 is 2.26 bits per heavy atom. The van der Waals surface area contributed by atoms with E-state index in [-0.39, 0.29) is 5.92 Å². The van der Waals surface area contributed by atoms with Crippen molar-refractivity contribution in [2.75, 3.05) is 39.5 Å². The zero-order valence-electron chi connectivity index (χ0n) is 16.2. The molecule has 1 atom stereocenters. The molecule has 1 amide bonds. The first-order valence-electron chi connectivity index (χ1n) is 10.5. The lowest BCUT2D eigenvalue weighted by Gasteiger charge is -2.44. The largest absolute Gasteiger partial charge is 0.381 e. The fraction of sp³-hybridized carbons (Fsp3) is 0.682. The minimum Gasteiger partial charge on any atom is -0.381 e. The van der Waals surface area contributed by atoms with Crippen LogP contribution in [0.4, 0.5) is 0 Å². The van der Waals surface area contributed by atoms with E-state index in [1.807, 2.05) is 0 Å². The van der Waals surface area contributed by atoms with E-state index in [1.165, 1.54) is 5.56 Å². The van der Waals surface area contributed by atoms with Gasteiger partial charge in [0.2, 0.25) is 5.91 Å². The zero-order valence-corrected chi connectivity index (χ0v) is 16.2. The standard InChI is InChI=1S/C22H32N2O3/c25-22(19-8-13-27-17-19)23-11-6-20(7-12-23)24(21-9-14-26-15-10-21)16-18-4-2-1-3-5-18/h1-5,19-21H,6-17H2. The Balaban J connectivity index is 1.39. The molecule has 27 heavy (non-hydrogen) atoms. The second-order valence-electron chi connectivity index (χ2n) is 8.12. The number of ether oxygens (including phenoxy) is 2. The highest BCUT2D eigenvalue weighted by Gasteiger charge is 2.34. The summed E-state index contributed by atoms with van der Waals surface area (Å²) < 4.78 is 11.0. The number of carbonyl (C=O) groups excluding carboxylic acids is 1. The van der Waals surface area contributed by atoms with Gasteiger partial charge in [0.1, 0.15) is 0 Å². The van der Waals surface area contributed by atoms with E-state index >= 15 is 0 Å². The van der Waals surface area contributed by atoms with Crippen molar-refractivity contribution in [3.8, 4) is 0 Å². The van der Waals surface area contributed by atoms with Gasteiger partial charge in [0.05, 0.1) is 12.5 Å². The van der Waals surface area contributed by atoms with Crippen molar-refractivity contribution in [3.63, 3.8) is 0 Å². The van der Waals surface area contributed by atoms with E-state index < -0.39 is 0 Å². The number of likely N-dealkylation sites (tertiary alicyclic amines) is 1. The Morgan fingerprint density at radius 1 is 0.926 bits per heavy atom. The molecule has 0 bridgehead atoms. The minimum atomic E-state index is 0.0949. The number of rotatable bonds is 5. The summed E-state index contributed by atoms with van der Waals surface area (Å²) in [5.41, 5.74) is 1.38. The topological polar surface area (TPSA) is 42.0 Å². The molecule has 1 unspecified atom stereocenters. The van der Waals surface area contributed by atoms with Crippen LogP contribution in [0.5, 0.6) is 0 Å². The van der Waals surface area contributed by atoms with Crippen LogP contribution < -0.4 is 0 Å². The minimum absolute atomic E-state index is 0.0949. The highest BCUT2D eigenvalue weighted by atomic mass is 16.5. The molecule has 3 heterocycles. The van der Waals surface area contributed by atoms with Gasteiger partial charge in [-0.1, -0.05) is 30.3 Å². The lowest BCUT2D eigenvalue weighted by atomic mass is 9.96. The molecule has 0 radical (unpaired) electrons. The highest BCUT2D eigenvalue weighted by Crippen LogP contribution is 2.27. The first-order chi connectivity index (χ1) is 13.3. The second kappa shape index (κ2) is 9.18. The highest BCUT2D eigenvalue weighted by molar-refractivity contribution is 5.79. The SMILES string of the molecule is O=C(C1CCOC1)N1CCC(N(Cc2ccccc2)C2CCOCC2)CC1. The summed E-state index contributed by atoms with van der Waals surface area (Å²) in [5.74, 6) is 0.407. The van der Waals surface area contributed by atoms with E-state index in [4.69, 9.17) is 9.47 Å². The quantitative estimate of drug-likeness (QED) is 0.797. The van der Waals surface area contributed by atoms with Crippen LogP contribution in [0.3, 0.4) is 0 Å². The van der Waals surface area contributed by atoms with Gasteiger partial charge in [-0.3, -0.25) is 9.69 Å². The third-order valence-corrected chi connectivity index (χ3v) is 6.39. The number of carbonyl (C=O) groups is 1. The van der Waals surface area contributed by atoms with Crippen LogP contribution in [0.1, 0.15) is 37.7 Å². The maximum absolute atomic E-state index is 12.7. The molecule has 0 aliphatic carbocycles. The summed E-state index contributed by atoms with van der Waals surface area (Å²) >= 11 is 0. The normalized spacial score (nSPS) is 25.2. The van der Waals surface area contributed by atoms with Crippen molar-refractivity contribution in [2.24, 2.45) is 5.92 Å². The summed E-state index contributed by atoms with van der Waals surface area (Å²) in [6.45, 7) is 5.86. The van der Waals surface area contributed by atoms with Crippen LogP contribution in [0, 0.1) is 5.92 Å². The molecule has 1 aromatic rings. The van der Waals surface area contributed by atoms with Crippen molar-refractivity contribution in [2.45, 2.75) is 50.7 Å². The third kappa shape index (κ3) is 4.71. The molecular weight excluding hydrogens is 340 g/mol. The molecule has 3 fully saturated rings. The van der Waals surface area contributed by atoms with Crippen LogP contribution in [-0.4, -0.2) is 67.3 Å². The molecule has 3 aliphatic heterocycles. The van der Waals surface area contributed by atoms with Crippen molar-refractivity contribution in [1.82, 2.24) is 9.80 Å². The molecular formula is C22H32N2O3. The van der Waals surface area contributed by atoms with Gasteiger partial charge >= 0.3 is 0 Å². The summed E-state index contributed by atoms with van der Waals surface area (Å²) in [4.78, 5) is 17.5. The summed E-state index contributed by atoms with van der Waals surface area (Å²) in [5, 5.41) is 0. The van der Waals surface area contributed by atoms with Crippen LogP contribution in [0.2, 0.25) is 0 Å². The molecule has 0 N–H and O–H groups in total. The maximum Gasteiger partial charge on any atom is 0.228 e. The average molecular weight is 373 g/mol. The first kappa shape index (κ1) is 18.9. The molecule has 148 valence electrons. The molecule has 5 nitrogen and oxygen atoms in total. The van der Waals surface area contributed by atoms with Crippen molar-refractivity contribution < 1.29 is 14.3 Å². The van der Waals surface area contributed by atoms with Gasteiger partial charge in [-0.2, -0.15) is 0 Å². The lowest BCUT2D eigenvalue weighted by molar-refractivity contribution is -0.137. The van der Waals surface area contributed by atoms with Crippen LogP contribution in [0.15, 0.2) is 30.3 Å². The summed E-state index contributed by atoms with van der Waals surface area (Å²) in [6.07, 6.45) is 5.27. The van der Waals surface area contributed by atoms with E-state index in [9.17, 15) is 4.79 Å². The third-order valence-electron chi connectivity index (χ3n) is 6.39. The van der Waals surface area contributed by atoms with Gasteiger partial charge in [0, 0.05) is 51.5 Å². The smallest absolute Gasteiger partial charge is 0.228 e. The fourth-order valence-corrected chi connectivity index (χ4v) is 4.77. The van der Waals surface area contributed by atoms with Gasteiger partial charge in [-0.25, -0.2) is 0 Å². The van der Waals surface area contributed by atoms with Crippen molar-refractivity contribution in [3.05, 3.63) is 35.9 Å². The lowest BCUT2D eigenvalue weighted by Crippen LogP contribution is -2.51. The Bertz CT molecular complexity index is 589. The molecule has 4 rings (SSSR count). The molecule has 3 saturated heterocycles. The summed E-state index contributed by atoms with van der Waals surface area (Å²) in [6, 6.07) is 11.9. The Morgan fingerprint density at radius 2 is 1.59 bits per heavy atom. The number of amides is 1. The average Bonchev–Trinajstić information content (AvgIpc) is 3.28.